The van der Waals surface area contributed by atoms with E-state index in [9.17, 15) is 0 Å². The van der Waals surface area contributed by atoms with E-state index in [1.165, 1.54) is 0 Å². The van der Waals surface area contributed by atoms with E-state index >= 15 is 0 Å². The van der Waals surface area contributed by atoms with Gasteiger partial charge in [-0.3, -0.25) is 0 Å². The SMILES string of the molecule is [B]C(O)C(N)CC. The number of rotatable bonds is 2. The van der Waals surface area contributed by atoms with Crippen LogP contribution in [0.5, 0.6) is 0 Å². The zero-order chi connectivity index (χ0) is 5.86. The van der Waals surface area contributed by atoms with Crippen LogP contribution in [0.15, 0.2) is 0 Å². The van der Waals surface area contributed by atoms with Crippen LogP contribution in [0.4, 0.5) is 0 Å². The first-order chi connectivity index (χ1) is 3.18. The molecule has 40 valence electrons. The van der Waals surface area contributed by atoms with Gasteiger partial charge in [0.15, 0.2) is 0 Å². The van der Waals surface area contributed by atoms with Gasteiger partial charge in [0.2, 0.25) is 0 Å². The Bertz CT molecular complexity index is 49.0. The average molecular weight is 98.9 g/mol. The molecule has 0 spiro atoms. The second-order valence-corrected chi connectivity index (χ2v) is 1.56. The molecule has 0 bridgehead atoms. The molecular weight excluding hydrogens is 88.9 g/mol. The molecule has 2 radical (unpaired) electrons. The van der Waals surface area contributed by atoms with Crippen LogP contribution < -0.4 is 5.73 Å². The van der Waals surface area contributed by atoms with Gasteiger partial charge in [-0.15, -0.1) is 0 Å². The van der Waals surface area contributed by atoms with E-state index in [1.807, 2.05) is 6.92 Å². The van der Waals surface area contributed by atoms with Gasteiger partial charge in [0, 0.05) is 12.0 Å². The molecule has 0 aromatic heterocycles. The van der Waals surface area contributed by atoms with Gasteiger partial charge in [-0.2, -0.15) is 0 Å². The molecule has 3 N–H and O–H groups in total. The highest BCUT2D eigenvalue weighted by molar-refractivity contribution is 6.11. The van der Waals surface area contributed by atoms with E-state index in [2.05, 4.69) is 0 Å². The highest BCUT2D eigenvalue weighted by Gasteiger charge is 2.03. The Morgan fingerprint density at radius 3 is 2.29 bits per heavy atom. The van der Waals surface area contributed by atoms with Crippen molar-refractivity contribution in [1.29, 1.82) is 0 Å². The van der Waals surface area contributed by atoms with E-state index in [4.69, 9.17) is 18.7 Å². The molecule has 0 aromatic carbocycles. The molecule has 0 aliphatic rings. The van der Waals surface area contributed by atoms with Crippen molar-refractivity contribution in [2.75, 3.05) is 0 Å². The first-order valence-corrected chi connectivity index (χ1v) is 2.37. The zero-order valence-electron chi connectivity index (χ0n) is 4.46. The largest absolute Gasteiger partial charge is 0.401 e. The highest BCUT2D eigenvalue weighted by Crippen LogP contribution is 1.87. The lowest BCUT2D eigenvalue weighted by molar-refractivity contribution is 0.220. The van der Waals surface area contributed by atoms with E-state index < -0.39 is 6.00 Å². The van der Waals surface area contributed by atoms with E-state index in [0.717, 1.165) is 6.42 Å². The van der Waals surface area contributed by atoms with E-state index in [0.29, 0.717) is 0 Å². The lowest BCUT2D eigenvalue weighted by Gasteiger charge is -2.10. The van der Waals surface area contributed by atoms with Crippen molar-refractivity contribution in [1.82, 2.24) is 0 Å². The van der Waals surface area contributed by atoms with E-state index in [-0.39, 0.29) is 6.04 Å². The Kier molecular flexibility index (Phi) is 3.04. The molecule has 0 amide bonds. The molecule has 0 rings (SSSR count). The molecule has 2 nitrogen and oxygen atoms in total. The summed E-state index contributed by atoms with van der Waals surface area (Å²) in [6.07, 6.45) is 0.720. The smallest absolute Gasteiger partial charge is 0.110 e. The van der Waals surface area contributed by atoms with Crippen molar-refractivity contribution in [2.45, 2.75) is 25.4 Å². The molecule has 0 aliphatic heterocycles. The number of hydrogen-bond donors (Lipinski definition) is 2. The van der Waals surface area contributed by atoms with Crippen LogP contribution >= 0.6 is 0 Å². The minimum Gasteiger partial charge on any atom is -0.401 e. The first-order valence-electron chi connectivity index (χ1n) is 2.37. The predicted octanol–water partition coefficient (Wildman–Crippen LogP) is -0.789. The van der Waals surface area contributed by atoms with Gasteiger partial charge in [0.1, 0.15) is 7.85 Å². The fourth-order valence-corrected chi connectivity index (χ4v) is 0.241. The second kappa shape index (κ2) is 3.05. The standard InChI is InChI=1S/C4H10BNO/c1-2-3(6)4(5)7/h3-4,7H,2,6H2,1H3. The Morgan fingerprint density at radius 2 is 2.29 bits per heavy atom. The number of nitrogens with two attached hydrogens (primary N) is 1. The van der Waals surface area contributed by atoms with Crippen LogP contribution in [-0.2, 0) is 0 Å². The molecule has 0 saturated carbocycles. The summed E-state index contributed by atoms with van der Waals surface area (Å²) in [5, 5.41) is 8.47. The third-order valence-electron chi connectivity index (χ3n) is 0.910. The quantitative estimate of drug-likeness (QED) is 0.445. The van der Waals surface area contributed by atoms with Gasteiger partial charge in [0.05, 0.1) is 0 Å². The van der Waals surface area contributed by atoms with Gasteiger partial charge in [-0.1, -0.05) is 6.92 Å². The predicted molar refractivity (Wildman–Crippen MR) is 30.0 cm³/mol. The zero-order valence-corrected chi connectivity index (χ0v) is 4.46. The molecule has 2 atom stereocenters. The topological polar surface area (TPSA) is 46.2 Å². The summed E-state index contributed by atoms with van der Waals surface area (Å²) in [5.41, 5.74) is 5.24. The highest BCUT2D eigenvalue weighted by atomic mass is 16.3. The Labute approximate surface area is 45.1 Å². The number of hydrogen-bond acceptors (Lipinski definition) is 2. The lowest BCUT2D eigenvalue weighted by atomic mass is 9.92. The molecule has 0 saturated heterocycles. The fourth-order valence-electron chi connectivity index (χ4n) is 0.241. The Balaban J connectivity index is 3.14. The third kappa shape index (κ3) is 2.65. The van der Waals surface area contributed by atoms with Crippen LogP contribution in [0.2, 0.25) is 0 Å². The minimum atomic E-state index is -0.856. The van der Waals surface area contributed by atoms with Crippen molar-refractivity contribution >= 4 is 7.85 Å². The van der Waals surface area contributed by atoms with Gasteiger partial charge < -0.3 is 10.8 Å². The molecular formula is C4H10BNO. The van der Waals surface area contributed by atoms with Gasteiger partial charge in [0.25, 0.3) is 0 Å². The summed E-state index contributed by atoms with van der Waals surface area (Å²) in [6, 6.07) is -1.12. The Morgan fingerprint density at radius 1 is 1.86 bits per heavy atom. The van der Waals surface area contributed by atoms with Crippen molar-refractivity contribution in [2.24, 2.45) is 5.73 Å². The Hall–Kier alpha value is -0.0151. The van der Waals surface area contributed by atoms with Gasteiger partial charge in [-0.25, -0.2) is 0 Å². The maximum Gasteiger partial charge on any atom is 0.110 e. The summed E-state index contributed by atoms with van der Waals surface area (Å²) in [5.74, 6) is 0. The van der Waals surface area contributed by atoms with Crippen LogP contribution in [-0.4, -0.2) is 25.0 Å². The molecule has 2 unspecified atom stereocenters. The molecule has 7 heavy (non-hydrogen) atoms. The average Bonchev–Trinajstić information content (AvgIpc) is 1.65. The number of aliphatic hydroxyl groups excluding tert-OH is 1. The molecule has 0 aromatic rings. The number of aliphatic hydroxyl groups is 1. The first kappa shape index (κ1) is 6.98. The monoisotopic (exact) mass is 99.1 g/mol. The van der Waals surface area contributed by atoms with Gasteiger partial charge in [-0.05, 0) is 6.42 Å². The van der Waals surface area contributed by atoms with Crippen molar-refractivity contribution in [3.05, 3.63) is 0 Å². The van der Waals surface area contributed by atoms with E-state index in [1.54, 1.807) is 0 Å². The second-order valence-electron chi connectivity index (χ2n) is 1.56. The van der Waals surface area contributed by atoms with Crippen LogP contribution in [0.3, 0.4) is 0 Å². The molecule has 0 heterocycles. The van der Waals surface area contributed by atoms with Crippen LogP contribution in [0.25, 0.3) is 0 Å². The van der Waals surface area contributed by atoms with Crippen molar-refractivity contribution in [3.8, 4) is 0 Å². The summed E-state index contributed by atoms with van der Waals surface area (Å²) >= 11 is 0. The van der Waals surface area contributed by atoms with Crippen molar-refractivity contribution in [3.63, 3.8) is 0 Å². The maximum absolute atomic E-state index is 8.47. The summed E-state index contributed by atoms with van der Waals surface area (Å²) in [6.45, 7) is 1.88. The van der Waals surface area contributed by atoms with Crippen LogP contribution in [0.1, 0.15) is 13.3 Å². The third-order valence-corrected chi connectivity index (χ3v) is 0.910. The van der Waals surface area contributed by atoms with Crippen LogP contribution in [0, 0.1) is 0 Å². The lowest BCUT2D eigenvalue weighted by Crippen LogP contribution is -2.33. The summed E-state index contributed by atoms with van der Waals surface area (Å²) in [7, 11) is 4.98. The van der Waals surface area contributed by atoms with Gasteiger partial charge >= 0.3 is 0 Å². The molecule has 0 aliphatic carbocycles. The fraction of sp³-hybridized carbons (Fsp3) is 1.00. The summed E-state index contributed by atoms with van der Waals surface area (Å²) in [4.78, 5) is 0. The minimum absolute atomic E-state index is 0.264. The van der Waals surface area contributed by atoms with Crippen molar-refractivity contribution < 1.29 is 5.11 Å². The summed E-state index contributed by atoms with van der Waals surface area (Å²) < 4.78 is 0. The molecule has 3 heteroatoms. The normalized spacial score (nSPS) is 18.7. The maximum atomic E-state index is 8.47. The molecule has 0 fully saturated rings.